The molecule has 1 saturated heterocycles. The maximum atomic E-state index is 13.0. The first-order valence-corrected chi connectivity index (χ1v) is 9.91. The quantitative estimate of drug-likeness (QED) is 0.717. The van der Waals surface area contributed by atoms with Gasteiger partial charge in [-0.15, -0.1) is 11.6 Å². The van der Waals surface area contributed by atoms with E-state index in [4.69, 9.17) is 11.6 Å². The van der Waals surface area contributed by atoms with Crippen LogP contribution in [0.25, 0.3) is 0 Å². The summed E-state index contributed by atoms with van der Waals surface area (Å²) in [4.78, 5) is 0.332. The van der Waals surface area contributed by atoms with E-state index < -0.39 is 10.0 Å². The third kappa shape index (κ3) is 3.46. The highest BCUT2D eigenvalue weighted by molar-refractivity contribution is 9.10. The van der Waals surface area contributed by atoms with Gasteiger partial charge in [-0.3, -0.25) is 0 Å². The first-order valence-electron chi connectivity index (χ1n) is 7.14. The molecule has 0 bridgehead atoms. The Morgan fingerprint density at radius 2 is 2.00 bits per heavy atom. The molecule has 0 saturated carbocycles. The van der Waals surface area contributed by atoms with E-state index >= 15 is 0 Å². The van der Waals surface area contributed by atoms with Crippen LogP contribution in [0, 0.1) is 12.8 Å². The predicted molar refractivity (Wildman–Crippen MR) is 90.2 cm³/mol. The van der Waals surface area contributed by atoms with Crippen molar-refractivity contribution in [2.75, 3.05) is 6.54 Å². The van der Waals surface area contributed by atoms with Gasteiger partial charge in [0, 0.05) is 22.9 Å². The predicted octanol–water partition coefficient (Wildman–Crippen LogP) is 4.31. The van der Waals surface area contributed by atoms with E-state index in [-0.39, 0.29) is 6.04 Å². The van der Waals surface area contributed by atoms with Crippen molar-refractivity contribution in [2.45, 2.75) is 50.4 Å². The minimum absolute atomic E-state index is 0.0399. The van der Waals surface area contributed by atoms with Crippen LogP contribution in [0.2, 0.25) is 0 Å². The molecule has 0 spiro atoms. The molecular formula is C15H21BrClNO2S. The lowest BCUT2D eigenvalue weighted by Gasteiger charge is -2.36. The van der Waals surface area contributed by atoms with Gasteiger partial charge in [0.1, 0.15) is 0 Å². The Kier molecular flexibility index (Phi) is 5.40. The van der Waals surface area contributed by atoms with Gasteiger partial charge in [0.2, 0.25) is 10.0 Å². The highest BCUT2D eigenvalue weighted by Gasteiger charge is 2.35. The molecule has 1 aliphatic heterocycles. The number of halogens is 2. The molecule has 118 valence electrons. The van der Waals surface area contributed by atoms with E-state index in [0.29, 0.717) is 27.7 Å². The summed E-state index contributed by atoms with van der Waals surface area (Å²) in [5, 5.41) is 0. The Hall–Kier alpha value is -0.100. The van der Waals surface area contributed by atoms with Gasteiger partial charge in [0.05, 0.1) is 4.90 Å². The summed E-state index contributed by atoms with van der Waals surface area (Å²) >= 11 is 9.32. The van der Waals surface area contributed by atoms with Gasteiger partial charge >= 0.3 is 0 Å². The Morgan fingerprint density at radius 1 is 1.33 bits per heavy atom. The van der Waals surface area contributed by atoms with E-state index in [9.17, 15) is 8.42 Å². The Balaban J connectivity index is 2.51. The van der Waals surface area contributed by atoms with Crippen LogP contribution in [0.3, 0.4) is 0 Å². The molecular weight excluding hydrogens is 374 g/mol. The Labute approximate surface area is 140 Å². The first-order chi connectivity index (χ1) is 9.77. The number of rotatable bonds is 3. The topological polar surface area (TPSA) is 37.4 Å². The molecule has 1 aliphatic rings. The minimum atomic E-state index is -3.50. The van der Waals surface area contributed by atoms with Gasteiger partial charge in [0.15, 0.2) is 0 Å². The maximum absolute atomic E-state index is 13.0. The molecule has 1 aromatic carbocycles. The molecule has 0 amide bonds. The average molecular weight is 395 g/mol. The fraction of sp³-hybridized carbons (Fsp3) is 0.600. The van der Waals surface area contributed by atoms with E-state index in [1.54, 1.807) is 10.4 Å². The van der Waals surface area contributed by atoms with Gasteiger partial charge in [0.25, 0.3) is 0 Å². The van der Waals surface area contributed by atoms with Crippen LogP contribution in [-0.4, -0.2) is 25.3 Å². The summed E-state index contributed by atoms with van der Waals surface area (Å²) in [6, 6.07) is 3.64. The third-order valence-electron chi connectivity index (χ3n) is 4.08. The molecule has 1 fully saturated rings. The van der Waals surface area contributed by atoms with Gasteiger partial charge in [-0.1, -0.05) is 13.0 Å². The summed E-state index contributed by atoms with van der Waals surface area (Å²) in [5.74, 6) is 0.704. The molecule has 6 heteroatoms. The van der Waals surface area contributed by atoms with Crippen molar-refractivity contribution in [3.8, 4) is 0 Å². The number of aryl methyl sites for hydroxylation is 1. The van der Waals surface area contributed by atoms with Crippen molar-refractivity contribution in [1.29, 1.82) is 0 Å². The van der Waals surface area contributed by atoms with Gasteiger partial charge in [-0.05, 0) is 65.7 Å². The molecule has 2 unspecified atom stereocenters. The molecule has 0 aromatic heterocycles. The van der Waals surface area contributed by atoms with Crippen LogP contribution in [0.4, 0.5) is 0 Å². The van der Waals surface area contributed by atoms with Crippen molar-refractivity contribution in [1.82, 2.24) is 4.31 Å². The Morgan fingerprint density at radius 3 is 2.62 bits per heavy atom. The number of nitrogens with zero attached hydrogens (tertiary/aromatic N) is 1. The van der Waals surface area contributed by atoms with E-state index in [1.165, 1.54) is 0 Å². The Bertz CT molecular complexity index is 633. The third-order valence-corrected chi connectivity index (χ3v) is 7.71. The van der Waals surface area contributed by atoms with Crippen molar-refractivity contribution >= 4 is 37.6 Å². The summed E-state index contributed by atoms with van der Waals surface area (Å²) in [6.45, 7) is 6.56. The second-order valence-electron chi connectivity index (χ2n) is 5.96. The van der Waals surface area contributed by atoms with Crippen LogP contribution in [0.1, 0.15) is 37.8 Å². The van der Waals surface area contributed by atoms with Crippen molar-refractivity contribution in [3.05, 3.63) is 27.7 Å². The molecule has 21 heavy (non-hydrogen) atoms. The molecule has 2 rings (SSSR count). The van der Waals surface area contributed by atoms with Crippen molar-refractivity contribution < 1.29 is 8.42 Å². The van der Waals surface area contributed by atoms with Crippen LogP contribution in [0.15, 0.2) is 21.5 Å². The van der Waals surface area contributed by atoms with Gasteiger partial charge in [-0.25, -0.2) is 8.42 Å². The van der Waals surface area contributed by atoms with Crippen molar-refractivity contribution in [3.63, 3.8) is 0 Å². The lowest BCUT2D eigenvalue weighted by atomic mass is 9.97. The summed E-state index contributed by atoms with van der Waals surface area (Å²) in [7, 11) is -3.50. The smallest absolute Gasteiger partial charge is 0.207 e. The molecule has 0 N–H and O–H groups in total. The van der Waals surface area contributed by atoms with E-state index in [2.05, 4.69) is 22.9 Å². The number of hydrogen-bond donors (Lipinski definition) is 0. The van der Waals surface area contributed by atoms with Crippen LogP contribution in [-0.2, 0) is 15.9 Å². The van der Waals surface area contributed by atoms with E-state index in [1.807, 2.05) is 19.9 Å². The normalized spacial score (nSPS) is 24.2. The largest absolute Gasteiger partial charge is 0.244 e. The molecule has 1 aromatic rings. The minimum Gasteiger partial charge on any atom is -0.207 e. The van der Waals surface area contributed by atoms with Crippen LogP contribution in [0.5, 0.6) is 0 Å². The second-order valence-corrected chi connectivity index (χ2v) is 8.88. The molecule has 0 radical (unpaired) electrons. The van der Waals surface area contributed by atoms with Gasteiger partial charge < -0.3 is 0 Å². The maximum Gasteiger partial charge on any atom is 0.244 e. The average Bonchev–Trinajstić information content (AvgIpc) is 2.43. The summed E-state index contributed by atoms with van der Waals surface area (Å²) in [5.41, 5.74) is 1.72. The highest BCUT2D eigenvalue weighted by Crippen LogP contribution is 2.34. The monoisotopic (exact) mass is 393 g/mol. The van der Waals surface area contributed by atoms with Crippen molar-refractivity contribution in [2.24, 2.45) is 5.92 Å². The SMILES string of the molecule is Cc1cc(CCl)cc(S(=O)(=O)N2CC(C)CCC2C)c1Br. The van der Waals surface area contributed by atoms with Crippen LogP contribution >= 0.6 is 27.5 Å². The lowest BCUT2D eigenvalue weighted by molar-refractivity contribution is 0.218. The zero-order valence-corrected chi connectivity index (χ0v) is 15.7. The number of hydrogen-bond acceptors (Lipinski definition) is 2. The second kappa shape index (κ2) is 6.57. The fourth-order valence-corrected chi connectivity index (χ4v) is 5.75. The zero-order chi connectivity index (χ0) is 15.8. The number of sulfonamides is 1. The van der Waals surface area contributed by atoms with Gasteiger partial charge in [-0.2, -0.15) is 4.31 Å². The molecule has 1 heterocycles. The number of piperidine rings is 1. The molecule has 3 nitrogen and oxygen atoms in total. The van der Waals surface area contributed by atoms with E-state index in [0.717, 1.165) is 24.0 Å². The summed E-state index contributed by atoms with van der Waals surface area (Å²) in [6.07, 6.45) is 1.99. The molecule has 2 atom stereocenters. The first kappa shape index (κ1) is 17.3. The zero-order valence-electron chi connectivity index (χ0n) is 12.6. The fourth-order valence-electron chi connectivity index (χ4n) is 2.78. The molecule has 0 aliphatic carbocycles. The number of benzene rings is 1. The standard InChI is InChI=1S/C15H21BrClNO2S/c1-10-4-5-12(3)18(9-10)21(19,20)14-7-13(8-17)6-11(2)15(14)16/h6-7,10,12H,4-5,8-9H2,1-3H3. The highest BCUT2D eigenvalue weighted by atomic mass is 79.9. The summed E-state index contributed by atoms with van der Waals surface area (Å²) < 4.78 is 28.4. The van der Waals surface area contributed by atoms with Crippen LogP contribution < -0.4 is 0 Å². The number of alkyl halides is 1. The lowest BCUT2D eigenvalue weighted by Crippen LogP contribution is -2.44.